The molecule has 0 heterocycles. The van der Waals surface area contributed by atoms with Crippen molar-refractivity contribution in [2.45, 2.75) is 39.7 Å². The lowest BCUT2D eigenvalue weighted by atomic mass is 9.96. The maximum atomic E-state index is 14.1. The number of ether oxygens (including phenoxy) is 1. The highest BCUT2D eigenvalue weighted by Gasteiger charge is 2.21. The van der Waals surface area contributed by atoms with Gasteiger partial charge in [-0.3, -0.25) is 0 Å². The standard InChI is InChI=1S/C15H23F2NO/c1-5-6-18-14(7-10(2)3)15-12(16)8-11(19-4)9-13(15)17/h8-10,14,18H,5-7H2,1-4H3. The van der Waals surface area contributed by atoms with Crippen LogP contribution in [0.25, 0.3) is 0 Å². The highest BCUT2D eigenvalue weighted by molar-refractivity contribution is 5.32. The Bertz CT molecular complexity index is 384. The molecule has 0 aliphatic heterocycles. The summed E-state index contributed by atoms with van der Waals surface area (Å²) < 4.78 is 33.0. The molecule has 1 unspecified atom stereocenters. The minimum Gasteiger partial charge on any atom is -0.497 e. The van der Waals surface area contributed by atoms with E-state index < -0.39 is 11.6 Å². The fourth-order valence-electron chi connectivity index (χ4n) is 2.11. The number of nitrogens with one attached hydrogen (secondary N) is 1. The minimum atomic E-state index is -0.550. The van der Waals surface area contributed by atoms with Crippen LogP contribution in [0.1, 0.15) is 45.2 Å². The Hall–Kier alpha value is -1.16. The first-order valence-corrected chi connectivity index (χ1v) is 6.75. The molecule has 0 spiro atoms. The number of halogens is 2. The fraction of sp³-hybridized carbons (Fsp3) is 0.600. The summed E-state index contributed by atoms with van der Waals surface area (Å²) >= 11 is 0. The van der Waals surface area contributed by atoms with Gasteiger partial charge in [0.15, 0.2) is 0 Å². The van der Waals surface area contributed by atoms with Crippen molar-refractivity contribution in [3.8, 4) is 5.75 Å². The van der Waals surface area contributed by atoms with Gasteiger partial charge in [0.1, 0.15) is 17.4 Å². The van der Waals surface area contributed by atoms with Gasteiger partial charge in [-0.2, -0.15) is 0 Å². The van der Waals surface area contributed by atoms with E-state index in [1.807, 2.05) is 20.8 Å². The molecule has 1 atom stereocenters. The summed E-state index contributed by atoms with van der Waals surface area (Å²) in [5.41, 5.74) is 0.114. The van der Waals surface area contributed by atoms with Crippen molar-refractivity contribution >= 4 is 0 Å². The van der Waals surface area contributed by atoms with Crippen LogP contribution < -0.4 is 10.1 Å². The molecular weight excluding hydrogens is 248 g/mol. The second-order valence-electron chi connectivity index (χ2n) is 5.14. The van der Waals surface area contributed by atoms with E-state index in [9.17, 15) is 8.78 Å². The largest absolute Gasteiger partial charge is 0.497 e. The normalized spacial score (nSPS) is 12.8. The van der Waals surface area contributed by atoms with Gasteiger partial charge in [-0.15, -0.1) is 0 Å². The van der Waals surface area contributed by atoms with Gasteiger partial charge in [-0.25, -0.2) is 8.78 Å². The molecular formula is C15H23F2NO. The van der Waals surface area contributed by atoms with E-state index in [1.54, 1.807) is 0 Å². The van der Waals surface area contributed by atoms with Gasteiger partial charge in [0, 0.05) is 23.7 Å². The van der Waals surface area contributed by atoms with Gasteiger partial charge < -0.3 is 10.1 Å². The first-order chi connectivity index (χ1) is 8.99. The lowest BCUT2D eigenvalue weighted by Gasteiger charge is -2.22. The minimum absolute atomic E-state index is 0.114. The van der Waals surface area contributed by atoms with E-state index in [1.165, 1.54) is 19.2 Å². The molecule has 0 saturated carbocycles. The maximum absolute atomic E-state index is 14.1. The second kappa shape index (κ2) is 7.43. The molecule has 108 valence electrons. The van der Waals surface area contributed by atoms with E-state index in [4.69, 9.17) is 4.74 Å². The summed E-state index contributed by atoms with van der Waals surface area (Å²) in [7, 11) is 1.40. The van der Waals surface area contributed by atoms with Crippen molar-refractivity contribution in [3.63, 3.8) is 0 Å². The summed E-state index contributed by atoms with van der Waals surface area (Å²) in [6, 6.07) is 2.17. The van der Waals surface area contributed by atoms with Crippen LogP contribution in [0.4, 0.5) is 8.78 Å². The monoisotopic (exact) mass is 271 g/mol. The van der Waals surface area contributed by atoms with E-state index in [2.05, 4.69) is 5.32 Å². The van der Waals surface area contributed by atoms with Gasteiger partial charge in [0.2, 0.25) is 0 Å². The summed E-state index contributed by atoms with van der Waals surface area (Å²) in [6.45, 7) is 6.85. The molecule has 0 fully saturated rings. The highest BCUT2D eigenvalue weighted by atomic mass is 19.1. The Morgan fingerprint density at radius 1 is 1.21 bits per heavy atom. The summed E-state index contributed by atoms with van der Waals surface area (Å²) in [5.74, 6) is -0.537. The van der Waals surface area contributed by atoms with Crippen LogP contribution in [0.5, 0.6) is 5.75 Å². The predicted octanol–water partition coefficient (Wildman–Crippen LogP) is 4.06. The molecule has 1 rings (SSSR count). The molecule has 4 heteroatoms. The van der Waals surface area contributed by atoms with Crippen molar-refractivity contribution in [1.29, 1.82) is 0 Å². The van der Waals surface area contributed by atoms with Crippen molar-refractivity contribution in [3.05, 3.63) is 29.3 Å². The zero-order valence-corrected chi connectivity index (χ0v) is 12.1. The zero-order chi connectivity index (χ0) is 14.4. The number of hydrogen-bond acceptors (Lipinski definition) is 2. The third kappa shape index (κ3) is 4.46. The zero-order valence-electron chi connectivity index (χ0n) is 12.1. The number of rotatable bonds is 7. The smallest absolute Gasteiger partial charge is 0.134 e. The third-order valence-corrected chi connectivity index (χ3v) is 2.98. The lowest BCUT2D eigenvalue weighted by molar-refractivity contribution is 0.384. The van der Waals surface area contributed by atoms with Gasteiger partial charge in [0.25, 0.3) is 0 Å². The molecule has 0 saturated heterocycles. The maximum Gasteiger partial charge on any atom is 0.134 e. The van der Waals surface area contributed by atoms with Crippen LogP contribution in [0, 0.1) is 17.6 Å². The molecule has 0 aliphatic carbocycles. The van der Waals surface area contributed by atoms with Crippen LogP contribution in [-0.4, -0.2) is 13.7 Å². The Labute approximate surface area is 114 Å². The summed E-state index contributed by atoms with van der Waals surface area (Å²) in [6.07, 6.45) is 1.62. The molecule has 1 N–H and O–H groups in total. The Morgan fingerprint density at radius 2 is 1.79 bits per heavy atom. The molecule has 0 radical (unpaired) electrons. The Morgan fingerprint density at radius 3 is 2.21 bits per heavy atom. The van der Waals surface area contributed by atoms with Crippen LogP contribution >= 0.6 is 0 Å². The van der Waals surface area contributed by atoms with Crippen LogP contribution in [0.15, 0.2) is 12.1 Å². The molecule has 0 aromatic heterocycles. The molecule has 0 bridgehead atoms. The number of benzene rings is 1. The van der Waals surface area contributed by atoms with Crippen molar-refractivity contribution in [2.24, 2.45) is 5.92 Å². The van der Waals surface area contributed by atoms with E-state index in [0.29, 0.717) is 12.3 Å². The van der Waals surface area contributed by atoms with E-state index in [0.717, 1.165) is 13.0 Å². The first-order valence-electron chi connectivity index (χ1n) is 6.75. The molecule has 19 heavy (non-hydrogen) atoms. The summed E-state index contributed by atoms with van der Waals surface area (Å²) in [5, 5.41) is 3.22. The van der Waals surface area contributed by atoms with Gasteiger partial charge >= 0.3 is 0 Å². The SMILES string of the molecule is CCCNC(CC(C)C)c1c(F)cc(OC)cc1F. The predicted molar refractivity (Wildman–Crippen MR) is 73.4 cm³/mol. The molecule has 1 aromatic rings. The quantitative estimate of drug-likeness (QED) is 0.807. The average Bonchev–Trinajstić information content (AvgIpc) is 2.33. The van der Waals surface area contributed by atoms with Gasteiger partial charge in [-0.1, -0.05) is 20.8 Å². The topological polar surface area (TPSA) is 21.3 Å². The second-order valence-corrected chi connectivity index (χ2v) is 5.14. The van der Waals surface area contributed by atoms with Crippen LogP contribution in [-0.2, 0) is 0 Å². The van der Waals surface area contributed by atoms with Crippen LogP contribution in [0.3, 0.4) is 0 Å². The molecule has 2 nitrogen and oxygen atoms in total. The van der Waals surface area contributed by atoms with Gasteiger partial charge in [-0.05, 0) is 25.3 Å². The van der Waals surface area contributed by atoms with Crippen molar-refractivity contribution in [2.75, 3.05) is 13.7 Å². The van der Waals surface area contributed by atoms with Crippen LogP contribution in [0.2, 0.25) is 0 Å². The fourth-order valence-corrected chi connectivity index (χ4v) is 2.11. The number of hydrogen-bond donors (Lipinski definition) is 1. The number of methoxy groups -OCH3 is 1. The van der Waals surface area contributed by atoms with Crippen molar-refractivity contribution < 1.29 is 13.5 Å². The molecule has 0 amide bonds. The Kier molecular flexibility index (Phi) is 6.22. The molecule has 1 aromatic carbocycles. The average molecular weight is 271 g/mol. The van der Waals surface area contributed by atoms with E-state index in [-0.39, 0.29) is 17.4 Å². The highest BCUT2D eigenvalue weighted by Crippen LogP contribution is 2.29. The van der Waals surface area contributed by atoms with E-state index >= 15 is 0 Å². The molecule has 0 aliphatic rings. The Balaban J connectivity index is 3.06. The lowest BCUT2D eigenvalue weighted by Crippen LogP contribution is -2.25. The summed E-state index contributed by atoms with van der Waals surface area (Å²) in [4.78, 5) is 0. The van der Waals surface area contributed by atoms with Crippen molar-refractivity contribution in [1.82, 2.24) is 5.32 Å². The third-order valence-electron chi connectivity index (χ3n) is 2.98. The first kappa shape index (κ1) is 15.9. The van der Waals surface area contributed by atoms with Gasteiger partial charge in [0.05, 0.1) is 7.11 Å².